The molecule has 0 spiro atoms. The summed E-state index contributed by atoms with van der Waals surface area (Å²) in [5.74, 6) is 0.382. The minimum absolute atomic E-state index is 0.375. The smallest absolute Gasteiger partial charge is 0.383 e. The fourth-order valence-electron chi connectivity index (χ4n) is 1.45. The summed E-state index contributed by atoms with van der Waals surface area (Å²) in [6.07, 6.45) is -3.93. The number of thiazole rings is 1. The number of halogens is 3. The van der Waals surface area contributed by atoms with Crippen molar-refractivity contribution in [3.63, 3.8) is 0 Å². The number of nitrogen functional groups attached to an aromatic ring is 1. The average molecular weight is 258 g/mol. The molecule has 2 nitrogen and oxygen atoms in total. The lowest BCUT2D eigenvalue weighted by Gasteiger charge is -2.08. The van der Waals surface area contributed by atoms with Crippen LogP contribution in [-0.2, 0) is 12.6 Å². The van der Waals surface area contributed by atoms with Gasteiger partial charge in [0, 0.05) is 6.42 Å². The van der Waals surface area contributed by atoms with Gasteiger partial charge >= 0.3 is 6.18 Å². The third-order valence-electron chi connectivity index (χ3n) is 2.29. The van der Waals surface area contributed by atoms with Gasteiger partial charge in [-0.3, -0.25) is 0 Å². The van der Waals surface area contributed by atoms with E-state index < -0.39 is 11.7 Å². The van der Waals surface area contributed by atoms with E-state index in [1.807, 2.05) is 0 Å². The number of hydrogen-bond donors (Lipinski definition) is 1. The molecule has 0 unspecified atom stereocenters. The quantitative estimate of drug-likeness (QED) is 0.897. The van der Waals surface area contributed by atoms with Gasteiger partial charge in [-0.25, -0.2) is 4.98 Å². The van der Waals surface area contributed by atoms with Crippen molar-refractivity contribution < 1.29 is 13.2 Å². The molecule has 0 radical (unpaired) electrons. The lowest BCUT2D eigenvalue weighted by Crippen LogP contribution is -2.05. The molecule has 6 heteroatoms. The monoisotopic (exact) mass is 258 g/mol. The molecule has 17 heavy (non-hydrogen) atoms. The molecule has 0 fully saturated rings. The molecular weight excluding hydrogens is 249 g/mol. The zero-order valence-corrected chi connectivity index (χ0v) is 9.48. The topological polar surface area (TPSA) is 38.9 Å². The lowest BCUT2D eigenvalue weighted by atomic mass is 10.1. The molecule has 0 aliphatic rings. The standard InChI is InChI=1S/C11H9F3N2S/c12-11(13,14)8-3-1-2-7(4-8)5-9-10(15)16-6-17-9/h1-4,6H,5,15H2. The van der Waals surface area contributed by atoms with Crippen molar-refractivity contribution in [1.82, 2.24) is 4.98 Å². The Labute approximate surface area is 99.9 Å². The van der Waals surface area contributed by atoms with Crippen LogP contribution in [-0.4, -0.2) is 4.98 Å². The summed E-state index contributed by atoms with van der Waals surface area (Å²) in [7, 11) is 0. The van der Waals surface area contributed by atoms with E-state index in [1.54, 1.807) is 11.6 Å². The zero-order valence-electron chi connectivity index (χ0n) is 8.66. The van der Waals surface area contributed by atoms with Crippen molar-refractivity contribution in [3.8, 4) is 0 Å². The van der Waals surface area contributed by atoms with Crippen molar-refractivity contribution in [2.45, 2.75) is 12.6 Å². The van der Waals surface area contributed by atoms with E-state index in [0.29, 0.717) is 17.8 Å². The minimum atomic E-state index is -4.31. The maximum Gasteiger partial charge on any atom is 0.416 e. The number of aromatic nitrogens is 1. The third-order valence-corrected chi connectivity index (χ3v) is 3.14. The van der Waals surface area contributed by atoms with Gasteiger partial charge in [0.2, 0.25) is 0 Å². The van der Waals surface area contributed by atoms with Gasteiger partial charge in [-0.2, -0.15) is 13.2 Å². The maximum atomic E-state index is 12.5. The van der Waals surface area contributed by atoms with E-state index in [0.717, 1.165) is 17.0 Å². The van der Waals surface area contributed by atoms with Crippen LogP contribution in [0.4, 0.5) is 19.0 Å². The van der Waals surface area contributed by atoms with Crippen LogP contribution in [0, 0.1) is 0 Å². The van der Waals surface area contributed by atoms with Gasteiger partial charge in [0.05, 0.1) is 16.0 Å². The van der Waals surface area contributed by atoms with Crippen molar-refractivity contribution in [2.75, 3.05) is 5.73 Å². The SMILES string of the molecule is Nc1ncsc1Cc1cccc(C(F)(F)F)c1. The summed E-state index contributed by atoms with van der Waals surface area (Å²) in [5, 5.41) is 0. The molecule has 2 rings (SSSR count). The first-order chi connectivity index (χ1) is 7.97. The highest BCUT2D eigenvalue weighted by Crippen LogP contribution is 2.30. The summed E-state index contributed by atoms with van der Waals surface area (Å²) >= 11 is 1.34. The highest BCUT2D eigenvalue weighted by Gasteiger charge is 2.30. The summed E-state index contributed by atoms with van der Waals surface area (Å²) < 4.78 is 37.5. The van der Waals surface area contributed by atoms with Gasteiger partial charge in [0.15, 0.2) is 0 Å². The highest BCUT2D eigenvalue weighted by molar-refractivity contribution is 7.10. The molecule has 1 aromatic heterocycles. The maximum absolute atomic E-state index is 12.5. The number of benzene rings is 1. The van der Waals surface area contributed by atoms with Crippen LogP contribution >= 0.6 is 11.3 Å². The number of anilines is 1. The molecule has 0 saturated carbocycles. The molecule has 0 amide bonds. The predicted molar refractivity (Wildman–Crippen MR) is 60.8 cm³/mol. The minimum Gasteiger partial charge on any atom is -0.383 e. The summed E-state index contributed by atoms with van der Waals surface area (Å²) in [6.45, 7) is 0. The van der Waals surface area contributed by atoms with Gasteiger partial charge < -0.3 is 5.73 Å². The predicted octanol–water partition coefficient (Wildman–Crippen LogP) is 3.33. The summed E-state index contributed by atoms with van der Waals surface area (Å²) in [5.41, 5.74) is 7.11. The first-order valence-corrected chi connectivity index (χ1v) is 5.69. The van der Waals surface area contributed by atoms with Crippen molar-refractivity contribution in [1.29, 1.82) is 0 Å². The molecule has 0 atom stereocenters. The summed E-state index contributed by atoms with van der Waals surface area (Å²) in [4.78, 5) is 4.64. The molecular formula is C11H9F3N2S. The number of rotatable bonds is 2. The second kappa shape index (κ2) is 4.37. The third kappa shape index (κ3) is 2.76. The van der Waals surface area contributed by atoms with Crippen LogP contribution in [0.25, 0.3) is 0 Å². The van der Waals surface area contributed by atoms with Gasteiger partial charge in [-0.05, 0) is 11.6 Å². The van der Waals surface area contributed by atoms with E-state index in [2.05, 4.69) is 4.98 Å². The Hall–Kier alpha value is -1.56. The van der Waals surface area contributed by atoms with Crippen molar-refractivity contribution in [3.05, 3.63) is 45.8 Å². The fourth-order valence-corrected chi connectivity index (χ4v) is 2.17. The molecule has 2 N–H and O–H groups in total. The largest absolute Gasteiger partial charge is 0.416 e. The van der Waals surface area contributed by atoms with Crippen molar-refractivity contribution in [2.24, 2.45) is 0 Å². The fraction of sp³-hybridized carbons (Fsp3) is 0.182. The first kappa shape index (κ1) is 11.9. The lowest BCUT2D eigenvalue weighted by molar-refractivity contribution is -0.137. The van der Waals surface area contributed by atoms with E-state index >= 15 is 0 Å². The first-order valence-electron chi connectivity index (χ1n) is 4.81. The van der Waals surface area contributed by atoms with E-state index in [4.69, 9.17) is 5.73 Å². The van der Waals surface area contributed by atoms with Crippen LogP contribution in [0.3, 0.4) is 0 Å². The zero-order chi connectivity index (χ0) is 12.5. The molecule has 90 valence electrons. The Balaban J connectivity index is 2.26. The van der Waals surface area contributed by atoms with Crippen LogP contribution in [0.2, 0.25) is 0 Å². The van der Waals surface area contributed by atoms with Crippen LogP contribution in [0.1, 0.15) is 16.0 Å². The highest BCUT2D eigenvalue weighted by atomic mass is 32.1. The van der Waals surface area contributed by atoms with Gasteiger partial charge in [0.25, 0.3) is 0 Å². The van der Waals surface area contributed by atoms with Gasteiger partial charge in [-0.15, -0.1) is 11.3 Å². The Kier molecular flexibility index (Phi) is 3.06. The van der Waals surface area contributed by atoms with E-state index in [1.165, 1.54) is 17.4 Å². The molecule has 1 aromatic carbocycles. The average Bonchev–Trinajstić information content (AvgIpc) is 2.64. The number of hydrogen-bond acceptors (Lipinski definition) is 3. The van der Waals surface area contributed by atoms with Crippen LogP contribution in [0.15, 0.2) is 29.8 Å². The molecule has 0 aliphatic carbocycles. The number of alkyl halides is 3. The molecule has 0 saturated heterocycles. The Bertz CT molecular complexity index is 519. The second-order valence-electron chi connectivity index (χ2n) is 3.54. The number of nitrogens with zero attached hydrogens (tertiary/aromatic N) is 1. The van der Waals surface area contributed by atoms with Gasteiger partial charge in [0.1, 0.15) is 5.82 Å². The number of nitrogens with two attached hydrogens (primary N) is 1. The van der Waals surface area contributed by atoms with Crippen LogP contribution < -0.4 is 5.73 Å². The molecule has 0 bridgehead atoms. The Morgan fingerprint density at radius 2 is 2.06 bits per heavy atom. The second-order valence-corrected chi connectivity index (χ2v) is 4.48. The molecule has 0 aliphatic heterocycles. The van der Waals surface area contributed by atoms with Crippen LogP contribution in [0.5, 0.6) is 0 Å². The Morgan fingerprint density at radius 3 is 2.65 bits per heavy atom. The summed E-state index contributed by atoms with van der Waals surface area (Å²) in [6, 6.07) is 5.24. The normalized spacial score (nSPS) is 11.7. The molecule has 2 aromatic rings. The van der Waals surface area contributed by atoms with E-state index in [-0.39, 0.29) is 0 Å². The Morgan fingerprint density at radius 1 is 1.29 bits per heavy atom. The molecule has 1 heterocycles. The van der Waals surface area contributed by atoms with Gasteiger partial charge in [-0.1, -0.05) is 18.2 Å². The van der Waals surface area contributed by atoms with E-state index in [9.17, 15) is 13.2 Å². The van der Waals surface area contributed by atoms with Crippen molar-refractivity contribution >= 4 is 17.2 Å².